The first-order valence-electron chi connectivity index (χ1n) is 3.90. The van der Waals surface area contributed by atoms with Crippen LogP contribution in [0.2, 0.25) is 0 Å². The topological polar surface area (TPSA) is 17.1 Å². The molecule has 0 N–H and O–H groups in total. The van der Waals surface area contributed by atoms with Crippen molar-refractivity contribution in [1.82, 2.24) is 0 Å². The van der Waals surface area contributed by atoms with E-state index in [2.05, 4.69) is 0 Å². The molecule has 0 aliphatic carbocycles. The summed E-state index contributed by atoms with van der Waals surface area (Å²) in [5, 5.41) is 0. The second-order valence-electron chi connectivity index (χ2n) is 2.73. The van der Waals surface area contributed by atoms with Gasteiger partial charge < -0.3 is 0 Å². The molecular weight excluding hydrogens is 155 g/mol. The Kier molecular flexibility index (Phi) is 2.97. The molecule has 0 radical (unpaired) electrons. The van der Waals surface area contributed by atoms with Crippen LogP contribution in [0, 0.1) is 6.92 Å². The number of carbonyl (C=O) groups excluding carboxylic acids is 1. The largest absolute Gasteiger partial charge is 0.294 e. The van der Waals surface area contributed by atoms with E-state index in [1.807, 2.05) is 19.1 Å². The lowest BCUT2D eigenvalue weighted by atomic mass is 10.1. The van der Waals surface area contributed by atoms with Crippen molar-refractivity contribution in [3.05, 3.63) is 35.4 Å². The minimum atomic E-state index is -0.577. The van der Waals surface area contributed by atoms with Crippen molar-refractivity contribution in [3.8, 4) is 0 Å². The maximum atomic E-state index is 11.8. The third kappa shape index (κ3) is 2.16. The number of Topliss-reactive ketones (excluding diaryl/α,β-unsaturated/α-hetero) is 1. The van der Waals surface area contributed by atoms with Crippen LogP contribution >= 0.6 is 0 Å². The van der Waals surface area contributed by atoms with Crippen LogP contribution in [-0.4, -0.2) is 12.5 Å². The lowest BCUT2D eigenvalue weighted by Crippen LogP contribution is -1.99. The lowest BCUT2D eigenvalue weighted by molar-refractivity contribution is 0.0974. The quantitative estimate of drug-likeness (QED) is 0.630. The predicted octanol–water partition coefficient (Wildman–Crippen LogP) is 2.54. The van der Waals surface area contributed by atoms with Gasteiger partial charge in [-0.2, -0.15) is 0 Å². The highest BCUT2D eigenvalue weighted by atomic mass is 19.1. The van der Waals surface area contributed by atoms with Crippen molar-refractivity contribution in [2.24, 2.45) is 0 Å². The zero-order chi connectivity index (χ0) is 8.97. The van der Waals surface area contributed by atoms with E-state index in [1.165, 1.54) is 0 Å². The summed E-state index contributed by atoms with van der Waals surface area (Å²) in [4.78, 5) is 11.1. The Hall–Kier alpha value is -1.18. The van der Waals surface area contributed by atoms with Gasteiger partial charge in [0.1, 0.15) is 0 Å². The highest BCUT2D eigenvalue weighted by molar-refractivity contribution is 5.96. The van der Waals surface area contributed by atoms with Gasteiger partial charge >= 0.3 is 0 Å². The van der Waals surface area contributed by atoms with Crippen LogP contribution in [-0.2, 0) is 0 Å². The molecule has 0 amide bonds. The summed E-state index contributed by atoms with van der Waals surface area (Å²) in [6, 6.07) is 7.16. The molecule has 0 unspecified atom stereocenters. The van der Waals surface area contributed by atoms with Gasteiger partial charge in [0.05, 0.1) is 6.67 Å². The van der Waals surface area contributed by atoms with Gasteiger partial charge in [-0.15, -0.1) is 0 Å². The smallest absolute Gasteiger partial charge is 0.165 e. The van der Waals surface area contributed by atoms with E-state index in [0.29, 0.717) is 5.56 Å². The second kappa shape index (κ2) is 4.00. The number of aryl methyl sites for hydroxylation is 1. The fourth-order valence-electron chi connectivity index (χ4n) is 0.970. The molecule has 1 aromatic rings. The number of hydrogen-bond donors (Lipinski definition) is 0. The third-order valence-electron chi connectivity index (χ3n) is 1.70. The van der Waals surface area contributed by atoms with Gasteiger partial charge in [0, 0.05) is 12.0 Å². The fourth-order valence-corrected chi connectivity index (χ4v) is 0.970. The van der Waals surface area contributed by atoms with E-state index in [4.69, 9.17) is 0 Å². The number of carbonyl (C=O) groups is 1. The molecule has 0 aliphatic rings. The number of rotatable bonds is 3. The van der Waals surface area contributed by atoms with Crippen LogP contribution in [0.4, 0.5) is 4.39 Å². The highest BCUT2D eigenvalue weighted by Crippen LogP contribution is 2.05. The number of benzene rings is 1. The van der Waals surface area contributed by atoms with Crippen LogP contribution in [0.5, 0.6) is 0 Å². The molecule has 0 spiro atoms. The van der Waals surface area contributed by atoms with Gasteiger partial charge in [-0.25, -0.2) is 0 Å². The molecule has 0 aromatic heterocycles. The molecule has 0 atom stereocenters. The molecule has 0 aliphatic heterocycles. The molecule has 0 saturated heterocycles. The maximum Gasteiger partial charge on any atom is 0.165 e. The number of halogens is 1. The van der Waals surface area contributed by atoms with Gasteiger partial charge in [0.2, 0.25) is 0 Å². The molecule has 0 heterocycles. The predicted molar refractivity (Wildman–Crippen MR) is 46.1 cm³/mol. The minimum absolute atomic E-state index is 0.0109. The van der Waals surface area contributed by atoms with Crippen molar-refractivity contribution in [2.45, 2.75) is 13.3 Å². The lowest BCUT2D eigenvalue weighted by Gasteiger charge is -1.97. The van der Waals surface area contributed by atoms with Gasteiger partial charge in [0.15, 0.2) is 5.78 Å². The monoisotopic (exact) mass is 166 g/mol. The molecule has 1 aromatic carbocycles. The van der Waals surface area contributed by atoms with Crippen LogP contribution in [0.1, 0.15) is 22.3 Å². The first-order valence-corrected chi connectivity index (χ1v) is 3.90. The normalized spacial score (nSPS) is 9.83. The highest BCUT2D eigenvalue weighted by Gasteiger charge is 2.03. The molecule has 1 rings (SSSR count). The molecule has 0 fully saturated rings. The fraction of sp³-hybridized carbons (Fsp3) is 0.300. The van der Waals surface area contributed by atoms with Crippen molar-refractivity contribution in [2.75, 3.05) is 6.67 Å². The average molecular weight is 166 g/mol. The minimum Gasteiger partial charge on any atom is -0.294 e. The van der Waals surface area contributed by atoms with E-state index in [9.17, 15) is 9.18 Å². The number of alkyl halides is 1. The Balaban J connectivity index is 2.75. The van der Waals surface area contributed by atoms with Crippen LogP contribution in [0.15, 0.2) is 24.3 Å². The average Bonchev–Trinajstić information content (AvgIpc) is 2.06. The summed E-state index contributed by atoms with van der Waals surface area (Å²) in [5.74, 6) is -0.127. The first-order chi connectivity index (χ1) is 5.74. The maximum absolute atomic E-state index is 11.8. The summed E-state index contributed by atoms with van der Waals surface area (Å²) in [6.45, 7) is 1.37. The van der Waals surface area contributed by atoms with E-state index in [0.717, 1.165) is 5.56 Å². The summed E-state index contributed by atoms with van der Waals surface area (Å²) < 4.78 is 11.8. The number of hydrogen-bond acceptors (Lipinski definition) is 1. The van der Waals surface area contributed by atoms with Crippen LogP contribution in [0.3, 0.4) is 0 Å². The van der Waals surface area contributed by atoms with E-state index < -0.39 is 6.67 Å². The van der Waals surface area contributed by atoms with Crippen LogP contribution in [0.25, 0.3) is 0 Å². The van der Waals surface area contributed by atoms with Crippen molar-refractivity contribution < 1.29 is 9.18 Å². The standard InChI is InChI=1S/C10H11FO/c1-8-2-4-9(5-3-8)10(12)6-7-11/h2-5H,6-7H2,1H3. The third-order valence-corrected chi connectivity index (χ3v) is 1.70. The number of ketones is 1. The van der Waals surface area contributed by atoms with Crippen molar-refractivity contribution in [3.63, 3.8) is 0 Å². The molecule has 0 saturated carbocycles. The molecule has 12 heavy (non-hydrogen) atoms. The molecule has 2 heteroatoms. The Morgan fingerprint density at radius 1 is 1.33 bits per heavy atom. The van der Waals surface area contributed by atoms with Gasteiger partial charge in [-0.3, -0.25) is 9.18 Å². The van der Waals surface area contributed by atoms with Crippen molar-refractivity contribution >= 4 is 5.78 Å². The Morgan fingerprint density at radius 3 is 2.42 bits per heavy atom. The summed E-state index contributed by atoms with van der Waals surface area (Å²) in [6.07, 6.45) is -0.0109. The van der Waals surface area contributed by atoms with Crippen molar-refractivity contribution in [1.29, 1.82) is 0 Å². The SMILES string of the molecule is Cc1ccc(C(=O)CCF)cc1. The van der Waals surface area contributed by atoms with E-state index in [1.54, 1.807) is 12.1 Å². The van der Waals surface area contributed by atoms with Gasteiger partial charge in [0.25, 0.3) is 0 Å². The van der Waals surface area contributed by atoms with E-state index in [-0.39, 0.29) is 12.2 Å². The molecule has 1 nitrogen and oxygen atoms in total. The molecule has 0 bridgehead atoms. The zero-order valence-electron chi connectivity index (χ0n) is 7.01. The Morgan fingerprint density at radius 2 is 1.92 bits per heavy atom. The van der Waals surface area contributed by atoms with Gasteiger partial charge in [-0.05, 0) is 6.92 Å². The summed E-state index contributed by atoms with van der Waals surface area (Å²) in [7, 11) is 0. The second-order valence-corrected chi connectivity index (χ2v) is 2.73. The first kappa shape index (κ1) is 8.91. The molecule has 64 valence electrons. The Labute approximate surface area is 71.2 Å². The summed E-state index contributed by atoms with van der Waals surface area (Å²) >= 11 is 0. The Bertz CT molecular complexity index is 264. The zero-order valence-corrected chi connectivity index (χ0v) is 7.01. The molecular formula is C10H11FO. The summed E-state index contributed by atoms with van der Waals surface area (Å²) in [5.41, 5.74) is 1.70. The van der Waals surface area contributed by atoms with Crippen LogP contribution < -0.4 is 0 Å². The van der Waals surface area contributed by atoms with Gasteiger partial charge in [-0.1, -0.05) is 29.8 Å². The van der Waals surface area contributed by atoms with E-state index >= 15 is 0 Å².